The molecular formula is C110H87BN2OSi2. The van der Waals surface area contributed by atoms with Gasteiger partial charge in [-0.1, -0.05) is 399 Å². The highest BCUT2D eigenvalue weighted by Gasteiger charge is 2.53. The van der Waals surface area contributed by atoms with Gasteiger partial charge in [-0.25, -0.2) is 0 Å². The van der Waals surface area contributed by atoms with Crippen molar-refractivity contribution in [2.45, 2.75) is 52.4 Å². The van der Waals surface area contributed by atoms with Crippen molar-refractivity contribution in [1.82, 2.24) is 4.57 Å². The van der Waals surface area contributed by atoms with Gasteiger partial charge in [-0.05, 0) is 190 Å². The number of fused-ring (bicyclic) bond motifs is 7. The highest BCUT2D eigenvalue weighted by Crippen LogP contribution is 2.47. The van der Waals surface area contributed by atoms with Gasteiger partial charge in [0.1, 0.15) is 11.5 Å². The van der Waals surface area contributed by atoms with Gasteiger partial charge in [-0.15, -0.1) is 0 Å². The molecule has 0 radical (unpaired) electrons. The van der Waals surface area contributed by atoms with Gasteiger partial charge in [-0.2, -0.15) is 0 Å². The van der Waals surface area contributed by atoms with Crippen LogP contribution in [0, 0.1) is 0 Å². The molecule has 0 fully saturated rings. The quantitative estimate of drug-likeness (QED) is 0.0752. The molecule has 17 aromatic carbocycles. The normalized spacial score (nSPS) is 12.6. The number of anilines is 3. The maximum atomic E-state index is 8.07. The van der Waals surface area contributed by atoms with Gasteiger partial charge >= 0.3 is 0 Å². The second-order valence-electron chi connectivity index (χ2n) is 33.5. The first-order valence-corrected chi connectivity index (χ1v) is 44.7. The van der Waals surface area contributed by atoms with E-state index in [0.717, 1.165) is 89.6 Å². The summed E-state index contributed by atoms with van der Waals surface area (Å²) in [6.07, 6.45) is 0. The number of ether oxygens (including phenoxy) is 1. The van der Waals surface area contributed by atoms with Crippen molar-refractivity contribution in [2.24, 2.45) is 0 Å². The Bertz CT molecular complexity index is 6520. The molecule has 0 unspecified atom stereocenters. The Labute approximate surface area is 683 Å². The molecule has 0 saturated heterocycles. The Morgan fingerprint density at radius 2 is 0.621 bits per heavy atom. The van der Waals surface area contributed by atoms with Crippen LogP contribution in [0.25, 0.3) is 83.1 Å². The standard InChI is InChI=1S/C110H87BN2OSi2/c1-109(2,3)86-64-84(65-87(72-86)110(4,5)6)85-70-103-108-105(71-85)114-104-73-88(112-100-59-33-31-57-96(100)97-58-32-34-60-101(97)112)61-62-98(104)111(108)99-74-106(115(90-47-23-11-24-48-90,91-49-25-12-26-50-91)94-55-35-45-80(68-94)76-37-15-7-16-38-76)107(75-102(99)113(103)89-66-82(78-41-19-9-20-42-78)63-83(67-89)79-43-21-10-22-44-79)116(92-51-27-13-28-52-92,93-53-29-14-30-54-93)95-56-36-46-81(69-95)77-39-17-8-18-40-77/h7-75H,1-6H3. The first-order chi connectivity index (χ1) is 56.8. The first kappa shape index (κ1) is 71.7. The van der Waals surface area contributed by atoms with E-state index >= 15 is 0 Å². The van der Waals surface area contributed by atoms with Crippen LogP contribution in [0.3, 0.4) is 0 Å². The van der Waals surface area contributed by atoms with Crippen LogP contribution < -0.4 is 67.5 Å². The zero-order valence-corrected chi connectivity index (χ0v) is 68.2. The number of benzene rings is 17. The number of para-hydroxylation sites is 2. The zero-order chi connectivity index (χ0) is 78.3. The minimum atomic E-state index is -3.82. The molecule has 1 aromatic heterocycles. The Morgan fingerprint density at radius 1 is 0.250 bits per heavy atom. The summed E-state index contributed by atoms with van der Waals surface area (Å²) in [5.74, 6) is 1.66. The minimum absolute atomic E-state index is 0.164. The van der Waals surface area contributed by atoms with Gasteiger partial charge < -0.3 is 14.2 Å². The predicted octanol–water partition coefficient (Wildman–Crippen LogP) is 20.9. The highest BCUT2D eigenvalue weighted by molar-refractivity contribution is 7.27. The van der Waals surface area contributed by atoms with Crippen LogP contribution in [0.5, 0.6) is 11.5 Å². The summed E-state index contributed by atoms with van der Waals surface area (Å²) in [6.45, 7) is 13.7. The lowest BCUT2D eigenvalue weighted by molar-refractivity contribution is 0.487. The molecule has 0 spiro atoms. The van der Waals surface area contributed by atoms with E-state index in [4.69, 9.17) is 4.74 Å². The average Bonchev–Trinajstić information content (AvgIpc) is 0.786. The fraction of sp³-hybridized carbons (Fsp3) is 0.0727. The predicted molar refractivity (Wildman–Crippen MR) is 498 cm³/mol. The molecule has 0 atom stereocenters. The fourth-order valence-electron chi connectivity index (χ4n) is 19.0. The van der Waals surface area contributed by atoms with Crippen LogP contribution in [0.15, 0.2) is 419 Å². The van der Waals surface area contributed by atoms with Crippen molar-refractivity contribution in [3.63, 3.8) is 0 Å². The lowest BCUT2D eigenvalue weighted by atomic mass is 9.34. The molecule has 2 aliphatic rings. The number of rotatable bonds is 15. The Balaban J connectivity index is 1.01. The van der Waals surface area contributed by atoms with Crippen LogP contribution in [0.4, 0.5) is 17.1 Å². The van der Waals surface area contributed by atoms with Crippen LogP contribution in [-0.4, -0.2) is 27.4 Å². The fourth-order valence-corrected chi connectivity index (χ4v) is 29.9. The van der Waals surface area contributed by atoms with E-state index in [0.29, 0.717) is 0 Å². The van der Waals surface area contributed by atoms with Crippen molar-refractivity contribution in [1.29, 1.82) is 0 Å². The molecule has 0 aliphatic carbocycles. The molecule has 0 amide bonds. The van der Waals surface area contributed by atoms with Gasteiger partial charge in [0.15, 0.2) is 16.1 Å². The lowest BCUT2D eigenvalue weighted by Gasteiger charge is -2.46. The molecule has 18 aromatic rings. The van der Waals surface area contributed by atoms with Gasteiger partial charge in [-0.3, -0.25) is 0 Å². The summed E-state index contributed by atoms with van der Waals surface area (Å²) in [5, 5.41) is 12.8. The molecule has 20 rings (SSSR count). The highest BCUT2D eigenvalue weighted by atomic mass is 28.3. The molecule has 0 saturated carbocycles. The molecule has 2 aliphatic heterocycles. The van der Waals surface area contributed by atoms with Crippen LogP contribution in [0.2, 0.25) is 0 Å². The third-order valence-electron chi connectivity index (χ3n) is 24.6. The summed E-state index contributed by atoms with van der Waals surface area (Å²) in [5.41, 5.74) is 23.6. The average molecular weight is 1520 g/mol. The van der Waals surface area contributed by atoms with Gasteiger partial charge in [0, 0.05) is 39.6 Å². The van der Waals surface area contributed by atoms with E-state index in [1.54, 1.807) is 0 Å². The molecule has 0 N–H and O–H groups in total. The van der Waals surface area contributed by atoms with Crippen LogP contribution in [0.1, 0.15) is 52.7 Å². The van der Waals surface area contributed by atoms with Gasteiger partial charge in [0.05, 0.1) is 11.0 Å². The third-order valence-corrected chi connectivity index (χ3v) is 34.4. The molecule has 0 bridgehead atoms. The maximum Gasteiger partial charge on any atom is 0.256 e. The van der Waals surface area contributed by atoms with E-state index < -0.39 is 16.1 Å². The topological polar surface area (TPSA) is 17.4 Å². The number of aromatic nitrogens is 1. The summed E-state index contributed by atoms with van der Waals surface area (Å²) >= 11 is 0. The summed E-state index contributed by atoms with van der Waals surface area (Å²) in [4.78, 5) is 2.69. The van der Waals surface area contributed by atoms with E-state index in [-0.39, 0.29) is 17.5 Å². The molecule has 6 heteroatoms. The summed E-state index contributed by atoms with van der Waals surface area (Å²) in [7, 11) is -7.61. The van der Waals surface area contributed by atoms with Crippen molar-refractivity contribution < 1.29 is 4.74 Å². The molecule has 554 valence electrons. The summed E-state index contributed by atoms with van der Waals surface area (Å²) < 4.78 is 10.5. The van der Waals surface area contributed by atoms with Gasteiger partial charge in [0.2, 0.25) is 0 Å². The minimum Gasteiger partial charge on any atom is -0.458 e. The second kappa shape index (κ2) is 28.9. The van der Waals surface area contributed by atoms with E-state index in [1.165, 1.54) is 91.1 Å². The van der Waals surface area contributed by atoms with Crippen molar-refractivity contribution in [2.75, 3.05) is 4.90 Å². The maximum absolute atomic E-state index is 8.07. The van der Waals surface area contributed by atoms with Crippen molar-refractivity contribution in [3.8, 4) is 72.8 Å². The smallest absolute Gasteiger partial charge is 0.256 e. The molecular weight excluding hydrogens is 1430 g/mol. The van der Waals surface area contributed by atoms with Gasteiger partial charge in [0.25, 0.3) is 6.71 Å². The van der Waals surface area contributed by atoms with E-state index in [2.05, 4.69) is 470 Å². The third kappa shape index (κ3) is 12.2. The number of hydrogen-bond donors (Lipinski definition) is 0. The van der Waals surface area contributed by atoms with E-state index in [1.807, 2.05) is 0 Å². The zero-order valence-electron chi connectivity index (χ0n) is 66.2. The second-order valence-corrected chi connectivity index (χ2v) is 41.0. The summed E-state index contributed by atoms with van der Waals surface area (Å²) in [6, 6.07) is 160. The molecule has 3 nitrogen and oxygen atoms in total. The lowest BCUT2D eigenvalue weighted by Crippen LogP contribution is -2.85. The Kier molecular flexibility index (Phi) is 17.9. The Morgan fingerprint density at radius 3 is 1.06 bits per heavy atom. The largest absolute Gasteiger partial charge is 0.458 e. The Hall–Kier alpha value is -13.4. The monoisotopic (exact) mass is 1520 g/mol. The first-order valence-electron chi connectivity index (χ1n) is 40.7. The van der Waals surface area contributed by atoms with Crippen molar-refractivity contribution in [3.05, 3.63) is 430 Å². The van der Waals surface area contributed by atoms with Crippen molar-refractivity contribution >= 4 is 120 Å². The SMILES string of the molecule is CC(C)(C)c1cc(-c2cc3c4c(c2)N(c2cc(-c5ccccc5)cc(-c5ccccc5)c2)c2cc([Si](c5ccccc5)(c5ccccc5)c5cccc(-c6ccccc6)c5)c([Si](c5ccccc5)(c5ccccc5)c5cccc(-c6ccccc6)c5)cc2B4c2ccc(-n4c5ccccc5c5ccccc54)cc2O3)cc(C(C)(C)C)c1. The number of nitrogens with zero attached hydrogens (tertiary/aromatic N) is 2. The van der Waals surface area contributed by atoms with E-state index in [9.17, 15) is 0 Å². The van der Waals surface area contributed by atoms with Crippen LogP contribution in [-0.2, 0) is 10.8 Å². The molecule has 116 heavy (non-hydrogen) atoms. The van der Waals surface area contributed by atoms with Crippen LogP contribution >= 0.6 is 0 Å². The number of hydrogen-bond acceptors (Lipinski definition) is 2. The molecule has 3 heterocycles.